The van der Waals surface area contributed by atoms with Gasteiger partial charge in [0.1, 0.15) is 17.1 Å². The van der Waals surface area contributed by atoms with Crippen molar-refractivity contribution in [2.45, 2.75) is 6.54 Å². The van der Waals surface area contributed by atoms with Crippen LogP contribution in [0.2, 0.25) is 0 Å². The molecule has 4 aromatic rings. The fraction of sp³-hybridized carbons (Fsp3) is 0.143. The molecule has 0 aliphatic heterocycles. The van der Waals surface area contributed by atoms with E-state index in [1.54, 1.807) is 18.5 Å². The Balaban J connectivity index is 1.64. The molecule has 3 aromatic heterocycles. The zero-order valence-corrected chi connectivity index (χ0v) is 16.8. The average Bonchev–Trinajstić information content (AvgIpc) is 3.17. The molecule has 3 heterocycles. The van der Waals surface area contributed by atoms with Gasteiger partial charge in [-0.05, 0) is 12.1 Å². The van der Waals surface area contributed by atoms with Crippen LogP contribution >= 0.6 is 0 Å². The minimum atomic E-state index is -3.41. The molecule has 1 aromatic carbocycles. The molecule has 8 heteroatoms. The quantitative estimate of drug-likeness (QED) is 0.521. The van der Waals surface area contributed by atoms with E-state index in [1.807, 2.05) is 48.5 Å². The topological polar surface area (TPSA) is 88.3 Å². The van der Waals surface area contributed by atoms with Gasteiger partial charge in [-0.25, -0.2) is 13.4 Å². The number of furan rings is 1. The summed E-state index contributed by atoms with van der Waals surface area (Å²) in [5.74, 6) is 1.12. The lowest BCUT2D eigenvalue weighted by molar-refractivity contribution is 0.599. The first-order valence-corrected chi connectivity index (χ1v) is 10.8. The molecule has 0 spiro atoms. The van der Waals surface area contributed by atoms with E-state index in [-0.39, 0.29) is 0 Å². The van der Waals surface area contributed by atoms with Gasteiger partial charge in [0, 0.05) is 43.2 Å². The number of anilines is 2. The minimum absolute atomic E-state index is 0.378. The van der Waals surface area contributed by atoms with Crippen molar-refractivity contribution in [2.24, 2.45) is 0 Å². The summed E-state index contributed by atoms with van der Waals surface area (Å²) in [6.07, 6.45) is 4.44. The number of rotatable bonds is 6. The van der Waals surface area contributed by atoms with E-state index >= 15 is 0 Å². The maximum Gasteiger partial charge on any atom is 0.233 e. The van der Waals surface area contributed by atoms with E-state index in [2.05, 4.69) is 15.3 Å². The van der Waals surface area contributed by atoms with E-state index < -0.39 is 10.0 Å². The Morgan fingerprint density at radius 3 is 2.59 bits per heavy atom. The van der Waals surface area contributed by atoms with Crippen LogP contribution in [0.4, 0.5) is 11.5 Å². The molecule has 29 heavy (non-hydrogen) atoms. The Kier molecular flexibility index (Phi) is 4.94. The van der Waals surface area contributed by atoms with Crippen LogP contribution in [0, 0.1) is 0 Å². The second-order valence-corrected chi connectivity index (χ2v) is 8.63. The standard InChI is InChI=1S/C21H20N4O3S/c1-25(29(2,26)27)21-16(9-6-11-23-21)14-24-17-10-12-22-18-13-19(28-20(17)18)15-7-4-3-5-8-15/h3-13H,14H2,1-2H3,(H,22,24). The van der Waals surface area contributed by atoms with Crippen LogP contribution in [0.3, 0.4) is 0 Å². The molecule has 0 radical (unpaired) electrons. The predicted octanol–water partition coefficient (Wildman–Crippen LogP) is 3.90. The maximum atomic E-state index is 11.9. The highest BCUT2D eigenvalue weighted by Crippen LogP contribution is 2.31. The Hall–Kier alpha value is -3.39. The third-order valence-electron chi connectivity index (χ3n) is 4.60. The lowest BCUT2D eigenvalue weighted by atomic mass is 10.2. The van der Waals surface area contributed by atoms with Gasteiger partial charge in [-0.15, -0.1) is 0 Å². The molecule has 0 unspecified atom stereocenters. The second kappa shape index (κ2) is 7.56. The number of fused-ring (bicyclic) bond motifs is 1. The molecule has 0 atom stereocenters. The molecule has 0 aliphatic rings. The van der Waals surface area contributed by atoms with Crippen molar-refractivity contribution in [2.75, 3.05) is 22.9 Å². The lowest BCUT2D eigenvalue weighted by Gasteiger charge is -2.19. The Morgan fingerprint density at radius 1 is 1.03 bits per heavy atom. The molecule has 0 aliphatic carbocycles. The number of pyridine rings is 2. The first-order valence-electron chi connectivity index (χ1n) is 8.99. The summed E-state index contributed by atoms with van der Waals surface area (Å²) in [5.41, 5.74) is 3.89. The number of aromatic nitrogens is 2. The molecular formula is C21H20N4O3S. The van der Waals surface area contributed by atoms with Crippen molar-refractivity contribution in [3.8, 4) is 11.3 Å². The average molecular weight is 408 g/mol. The van der Waals surface area contributed by atoms with Crippen molar-refractivity contribution in [3.63, 3.8) is 0 Å². The van der Waals surface area contributed by atoms with Crippen molar-refractivity contribution < 1.29 is 12.8 Å². The van der Waals surface area contributed by atoms with Gasteiger partial charge in [0.25, 0.3) is 0 Å². The van der Waals surface area contributed by atoms with Crippen LogP contribution in [0.15, 0.2) is 71.4 Å². The number of sulfonamides is 1. The van der Waals surface area contributed by atoms with Crippen LogP contribution in [0.1, 0.15) is 5.56 Å². The fourth-order valence-corrected chi connectivity index (χ4v) is 3.50. The van der Waals surface area contributed by atoms with Crippen molar-refractivity contribution in [1.82, 2.24) is 9.97 Å². The summed E-state index contributed by atoms with van der Waals surface area (Å²) >= 11 is 0. The monoisotopic (exact) mass is 408 g/mol. The molecule has 7 nitrogen and oxygen atoms in total. The van der Waals surface area contributed by atoms with Gasteiger partial charge in [0.05, 0.1) is 11.9 Å². The highest BCUT2D eigenvalue weighted by atomic mass is 32.2. The van der Waals surface area contributed by atoms with E-state index in [9.17, 15) is 8.42 Å². The summed E-state index contributed by atoms with van der Waals surface area (Å²) in [6, 6.07) is 17.2. The van der Waals surface area contributed by atoms with Crippen LogP contribution < -0.4 is 9.62 Å². The number of hydrogen-bond donors (Lipinski definition) is 1. The van der Waals surface area contributed by atoms with Crippen molar-refractivity contribution in [3.05, 3.63) is 72.6 Å². The van der Waals surface area contributed by atoms with Gasteiger partial charge in [-0.2, -0.15) is 0 Å². The van der Waals surface area contributed by atoms with Gasteiger partial charge in [-0.1, -0.05) is 36.4 Å². The molecule has 0 bridgehead atoms. The molecular weight excluding hydrogens is 388 g/mol. The first-order chi connectivity index (χ1) is 13.9. The number of hydrogen-bond acceptors (Lipinski definition) is 6. The lowest BCUT2D eigenvalue weighted by Crippen LogP contribution is -2.27. The summed E-state index contributed by atoms with van der Waals surface area (Å²) in [5, 5.41) is 3.32. The Labute approximate surface area is 169 Å². The summed E-state index contributed by atoms with van der Waals surface area (Å²) < 4.78 is 31.1. The van der Waals surface area contributed by atoms with Crippen molar-refractivity contribution >= 4 is 32.6 Å². The maximum absolute atomic E-state index is 11.9. The van der Waals surface area contributed by atoms with Gasteiger partial charge in [0.15, 0.2) is 5.58 Å². The van der Waals surface area contributed by atoms with Crippen LogP contribution in [-0.2, 0) is 16.6 Å². The van der Waals surface area contributed by atoms with Gasteiger partial charge >= 0.3 is 0 Å². The van der Waals surface area contributed by atoms with E-state index in [4.69, 9.17) is 4.42 Å². The minimum Gasteiger partial charge on any atom is -0.452 e. The number of nitrogens with one attached hydrogen (secondary N) is 1. The van der Waals surface area contributed by atoms with E-state index in [1.165, 1.54) is 11.4 Å². The summed E-state index contributed by atoms with van der Waals surface area (Å²) in [4.78, 5) is 8.62. The molecule has 0 amide bonds. The van der Waals surface area contributed by atoms with E-state index in [0.717, 1.165) is 34.3 Å². The molecule has 0 fully saturated rings. The summed E-state index contributed by atoms with van der Waals surface area (Å²) in [6.45, 7) is 0.378. The third-order valence-corrected chi connectivity index (χ3v) is 5.77. The van der Waals surface area contributed by atoms with Crippen LogP contribution in [0.25, 0.3) is 22.4 Å². The van der Waals surface area contributed by atoms with E-state index in [0.29, 0.717) is 17.9 Å². The largest absolute Gasteiger partial charge is 0.452 e. The third kappa shape index (κ3) is 3.93. The van der Waals surface area contributed by atoms with Crippen molar-refractivity contribution in [1.29, 1.82) is 0 Å². The van der Waals surface area contributed by atoms with Gasteiger partial charge in [-0.3, -0.25) is 9.29 Å². The fourth-order valence-electron chi connectivity index (χ4n) is 3.02. The smallest absolute Gasteiger partial charge is 0.233 e. The zero-order valence-electron chi connectivity index (χ0n) is 16.0. The SMILES string of the molecule is CN(c1ncccc1CNc1ccnc2cc(-c3ccccc3)oc12)S(C)(=O)=O. The number of nitrogens with zero attached hydrogens (tertiary/aromatic N) is 3. The molecule has 0 saturated heterocycles. The molecule has 148 valence electrons. The Bertz CT molecular complexity index is 1250. The van der Waals surface area contributed by atoms with Crippen LogP contribution in [-0.4, -0.2) is 31.7 Å². The molecule has 0 saturated carbocycles. The predicted molar refractivity (Wildman–Crippen MR) is 114 cm³/mol. The normalized spacial score (nSPS) is 11.5. The van der Waals surface area contributed by atoms with Gasteiger partial charge < -0.3 is 9.73 Å². The van der Waals surface area contributed by atoms with Gasteiger partial charge in [0.2, 0.25) is 10.0 Å². The zero-order chi connectivity index (χ0) is 20.4. The molecule has 1 N–H and O–H groups in total. The second-order valence-electron chi connectivity index (χ2n) is 6.62. The summed E-state index contributed by atoms with van der Waals surface area (Å²) in [7, 11) is -1.92. The molecule has 4 rings (SSSR count). The Morgan fingerprint density at radius 2 is 1.83 bits per heavy atom. The highest BCUT2D eigenvalue weighted by Gasteiger charge is 2.17. The number of benzene rings is 1. The highest BCUT2D eigenvalue weighted by molar-refractivity contribution is 7.92. The van der Waals surface area contributed by atoms with Crippen LogP contribution in [0.5, 0.6) is 0 Å². The first kappa shape index (κ1) is 18.9.